The van der Waals surface area contributed by atoms with E-state index in [0.29, 0.717) is 37.1 Å². The molecule has 2 bridgehead atoms. The van der Waals surface area contributed by atoms with Crippen LogP contribution in [0.2, 0.25) is 0 Å². The lowest BCUT2D eigenvalue weighted by Crippen LogP contribution is -2.53. The van der Waals surface area contributed by atoms with Crippen LogP contribution in [0.1, 0.15) is 46.0 Å². The Morgan fingerprint density at radius 3 is 2.25 bits per heavy atom. The number of nitrogens with one attached hydrogen (secondary N) is 1. The molecule has 3 fully saturated rings. The third-order valence-electron chi connectivity index (χ3n) is 4.99. The summed E-state index contributed by atoms with van der Waals surface area (Å²) >= 11 is 0. The SMILES string of the molecule is CC1COCC(C)N1C(=O)CC1CC2CCC(C1)N2.Cl. The first-order valence-corrected chi connectivity index (χ1v) is 7.78. The van der Waals surface area contributed by atoms with Gasteiger partial charge in [0.05, 0.1) is 25.3 Å². The minimum Gasteiger partial charge on any atom is -0.377 e. The van der Waals surface area contributed by atoms with E-state index in [1.165, 1.54) is 25.7 Å². The van der Waals surface area contributed by atoms with Gasteiger partial charge in [-0.15, -0.1) is 12.4 Å². The Labute approximate surface area is 128 Å². The fourth-order valence-corrected chi connectivity index (χ4v) is 4.19. The number of carbonyl (C=O) groups is 1. The second kappa shape index (κ2) is 6.63. The predicted molar refractivity (Wildman–Crippen MR) is 81.1 cm³/mol. The molecule has 3 heterocycles. The van der Waals surface area contributed by atoms with Crippen molar-refractivity contribution >= 4 is 18.3 Å². The summed E-state index contributed by atoms with van der Waals surface area (Å²) in [6.07, 6.45) is 5.73. The fourth-order valence-electron chi connectivity index (χ4n) is 4.19. The molecular formula is C15H27ClN2O2. The van der Waals surface area contributed by atoms with Crippen LogP contribution in [0.25, 0.3) is 0 Å². The molecule has 0 aromatic heterocycles. The van der Waals surface area contributed by atoms with Crippen molar-refractivity contribution in [2.45, 2.75) is 70.1 Å². The topological polar surface area (TPSA) is 41.6 Å². The van der Waals surface area contributed by atoms with E-state index >= 15 is 0 Å². The molecule has 3 aliphatic heterocycles. The number of rotatable bonds is 2. The molecule has 0 saturated carbocycles. The molecule has 20 heavy (non-hydrogen) atoms. The van der Waals surface area contributed by atoms with Crippen LogP contribution in [0, 0.1) is 5.92 Å². The summed E-state index contributed by atoms with van der Waals surface area (Å²) in [6.45, 7) is 5.57. The van der Waals surface area contributed by atoms with Crippen molar-refractivity contribution in [3.63, 3.8) is 0 Å². The zero-order valence-corrected chi connectivity index (χ0v) is 13.3. The highest BCUT2D eigenvalue weighted by molar-refractivity contribution is 5.85. The number of halogens is 1. The minimum absolute atomic E-state index is 0. The summed E-state index contributed by atoms with van der Waals surface area (Å²) in [6, 6.07) is 1.82. The highest BCUT2D eigenvalue weighted by Gasteiger charge is 2.36. The van der Waals surface area contributed by atoms with Crippen LogP contribution in [0.4, 0.5) is 0 Å². The van der Waals surface area contributed by atoms with Crippen molar-refractivity contribution in [2.24, 2.45) is 5.92 Å². The van der Waals surface area contributed by atoms with Crippen molar-refractivity contribution in [1.82, 2.24) is 10.2 Å². The maximum absolute atomic E-state index is 12.6. The van der Waals surface area contributed by atoms with Crippen LogP contribution < -0.4 is 5.32 Å². The van der Waals surface area contributed by atoms with Crippen LogP contribution >= 0.6 is 12.4 Å². The quantitative estimate of drug-likeness (QED) is 0.848. The Morgan fingerprint density at radius 2 is 1.70 bits per heavy atom. The van der Waals surface area contributed by atoms with E-state index in [1.54, 1.807) is 0 Å². The van der Waals surface area contributed by atoms with Gasteiger partial charge in [-0.05, 0) is 45.4 Å². The van der Waals surface area contributed by atoms with Crippen LogP contribution in [-0.2, 0) is 9.53 Å². The number of nitrogens with zero attached hydrogens (tertiary/aromatic N) is 1. The number of hydrogen-bond donors (Lipinski definition) is 1. The van der Waals surface area contributed by atoms with Crippen LogP contribution in [0.5, 0.6) is 0 Å². The highest BCUT2D eigenvalue weighted by Crippen LogP contribution is 2.33. The normalized spacial score (nSPS) is 40.3. The molecule has 0 aromatic rings. The summed E-state index contributed by atoms with van der Waals surface area (Å²) in [5.74, 6) is 0.933. The van der Waals surface area contributed by atoms with E-state index in [2.05, 4.69) is 24.1 Å². The monoisotopic (exact) mass is 302 g/mol. The summed E-state index contributed by atoms with van der Waals surface area (Å²) in [4.78, 5) is 14.6. The highest BCUT2D eigenvalue weighted by atomic mass is 35.5. The van der Waals surface area contributed by atoms with Crippen molar-refractivity contribution in [2.75, 3.05) is 13.2 Å². The lowest BCUT2D eigenvalue weighted by Gasteiger charge is -2.40. The van der Waals surface area contributed by atoms with E-state index in [1.807, 2.05) is 0 Å². The number of morpholine rings is 1. The number of amides is 1. The first kappa shape index (κ1) is 16.1. The summed E-state index contributed by atoms with van der Waals surface area (Å²) < 4.78 is 5.50. The fraction of sp³-hybridized carbons (Fsp3) is 0.933. The number of piperidine rings is 1. The third-order valence-corrected chi connectivity index (χ3v) is 4.99. The molecule has 3 aliphatic rings. The van der Waals surface area contributed by atoms with Gasteiger partial charge in [-0.2, -0.15) is 0 Å². The molecule has 5 heteroatoms. The van der Waals surface area contributed by atoms with Gasteiger partial charge < -0.3 is 15.0 Å². The molecule has 4 atom stereocenters. The Bertz CT molecular complexity index is 331. The van der Waals surface area contributed by atoms with Gasteiger partial charge in [-0.3, -0.25) is 4.79 Å². The first-order valence-electron chi connectivity index (χ1n) is 7.78. The van der Waals surface area contributed by atoms with Crippen molar-refractivity contribution in [3.05, 3.63) is 0 Å². The van der Waals surface area contributed by atoms with Crippen molar-refractivity contribution in [3.8, 4) is 0 Å². The molecule has 4 nitrogen and oxygen atoms in total. The van der Waals surface area contributed by atoms with Gasteiger partial charge in [0.2, 0.25) is 5.91 Å². The van der Waals surface area contributed by atoms with Gasteiger partial charge in [0.15, 0.2) is 0 Å². The van der Waals surface area contributed by atoms with E-state index < -0.39 is 0 Å². The molecule has 0 aromatic carbocycles. The largest absolute Gasteiger partial charge is 0.377 e. The number of carbonyl (C=O) groups excluding carboxylic acids is 1. The smallest absolute Gasteiger partial charge is 0.223 e. The Hall–Kier alpha value is -0.320. The summed E-state index contributed by atoms with van der Waals surface area (Å²) in [7, 11) is 0. The second-order valence-corrected chi connectivity index (χ2v) is 6.72. The Balaban J connectivity index is 0.00000147. The number of hydrogen-bond acceptors (Lipinski definition) is 3. The van der Waals surface area contributed by atoms with Crippen molar-refractivity contribution < 1.29 is 9.53 Å². The van der Waals surface area contributed by atoms with Crippen LogP contribution in [0.3, 0.4) is 0 Å². The minimum atomic E-state index is 0. The third kappa shape index (κ3) is 3.29. The van der Waals surface area contributed by atoms with E-state index in [4.69, 9.17) is 4.74 Å². The average Bonchev–Trinajstić information content (AvgIpc) is 2.68. The molecule has 3 rings (SSSR count). The van der Waals surface area contributed by atoms with Gasteiger partial charge in [0.25, 0.3) is 0 Å². The van der Waals surface area contributed by atoms with Crippen molar-refractivity contribution in [1.29, 1.82) is 0 Å². The second-order valence-electron chi connectivity index (χ2n) is 6.72. The first-order chi connectivity index (χ1) is 9.13. The van der Waals surface area contributed by atoms with Gasteiger partial charge in [0.1, 0.15) is 0 Å². The predicted octanol–water partition coefficient (Wildman–Crippen LogP) is 1.96. The average molecular weight is 303 g/mol. The lowest BCUT2D eigenvalue weighted by atomic mass is 9.89. The summed E-state index contributed by atoms with van der Waals surface area (Å²) in [5, 5.41) is 3.65. The number of fused-ring (bicyclic) bond motifs is 2. The molecule has 4 unspecified atom stereocenters. The molecule has 1 amide bonds. The molecule has 3 saturated heterocycles. The zero-order valence-electron chi connectivity index (χ0n) is 12.5. The molecule has 116 valence electrons. The number of ether oxygens (including phenoxy) is 1. The zero-order chi connectivity index (χ0) is 13.4. The Morgan fingerprint density at radius 1 is 1.15 bits per heavy atom. The van der Waals surface area contributed by atoms with E-state index in [-0.39, 0.29) is 24.5 Å². The standard InChI is InChI=1S/C15H26N2O2.ClH/c1-10-8-19-9-11(2)17(10)15(18)7-12-5-13-3-4-14(6-12)16-13;/h10-14,16H,3-9H2,1-2H3;1H. The van der Waals surface area contributed by atoms with Gasteiger partial charge >= 0.3 is 0 Å². The molecule has 1 N–H and O–H groups in total. The molecular weight excluding hydrogens is 276 g/mol. The van der Waals surface area contributed by atoms with E-state index in [0.717, 1.165) is 6.42 Å². The Kier molecular flexibility index (Phi) is 5.32. The molecule has 0 aliphatic carbocycles. The maximum Gasteiger partial charge on any atom is 0.223 e. The van der Waals surface area contributed by atoms with Crippen LogP contribution in [0.15, 0.2) is 0 Å². The van der Waals surface area contributed by atoms with E-state index in [9.17, 15) is 4.79 Å². The van der Waals surface area contributed by atoms with Crippen LogP contribution in [-0.4, -0.2) is 48.2 Å². The summed E-state index contributed by atoms with van der Waals surface area (Å²) in [5.41, 5.74) is 0. The van der Waals surface area contributed by atoms with Gasteiger partial charge in [-0.1, -0.05) is 0 Å². The lowest BCUT2D eigenvalue weighted by molar-refractivity contribution is -0.145. The van der Waals surface area contributed by atoms with Gasteiger partial charge in [-0.25, -0.2) is 0 Å². The maximum atomic E-state index is 12.6. The molecule has 0 radical (unpaired) electrons. The molecule has 0 spiro atoms. The van der Waals surface area contributed by atoms with Gasteiger partial charge in [0, 0.05) is 18.5 Å².